The summed E-state index contributed by atoms with van der Waals surface area (Å²) in [6.45, 7) is 2.00. The minimum Gasteiger partial charge on any atom is -0.338 e. The Hall–Kier alpha value is -2.18. The summed E-state index contributed by atoms with van der Waals surface area (Å²) < 4.78 is 0. The summed E-state index contributed by atoms with van der Waals surface area (Å²) >= 11 is 0. The van der Waals surface area contributed by atoms with Crippen LogP contribution in [0.2, 0.25) is 0 Å². The molecule has 6 heteroatoms. The number of amides is 1. The van der Waals surface area contributed by atoms with E-state index in [1.165, 1.54) is 0 Å². The maximum Gasteiger partial charge on any atom is 0.273 e. The van der Waals surface area contributed by atoms with Crippen molar-refractivity contribution in [1.29, 1.82) is 0 Å². The summed E-state index contributed by atoms with van der Waals surface area (Å²) in [6.07, 6.45) is 5.74. The van der Waals surface area contributed by atoms with Gasteiger partial charge < -0.3 is 21.4 Å². The predicted molar refractivity (Wildman–Crippen MR) is 92.9 cm³/mol. The maximum atomic E-state index is 12.5. The first-order valence-corrected chi connectivity index (χ1v) is 8.60. The van der Waals surface area contributed by atoms with Crippen molar-refractivity contribution in [1.82, 2.24) is 15.3 Å². The van der Waals surface area contributed by atoms with Crippen molar-refractivity contribution in [3.8, 4) is 0 Å². The lowest BCUT2D eigenvalue weighted by Crippen LogP contribution is -2.27. The number of nitrogens with two attached hydrogens (primary N) is 1. The quantitative estimate of drug-likeness (QED) is 0.692. The molecule has 2 aliphatic rings. The Bertz CT molecular complexity index is 743. The molecule has 6 nitrogen and oxygen atoms in total. The second kappa shape index (κ2) is 6.03. The lowest BCUT2D eigenvalue weighted by molar-refractivity contribution is 0.102. The number of rotatable bonds is 4. The van der Waals surface area contributed by atoms with Crippen molar-refractivity contribution >= 4 is 11.6 Å². The van der Waals surface area contributed by atoms with Crippen molar-refractivity contribution in [3.63, 3.8) is 0 Å². The van der Waals surface area contributed by atoms with Gasteiger partial charge in [0, 0.05) is 17.1 Å². The van der Waals surface area contributed by atoms with Gasteiger partial charge in [-0.1, -0.05) is 12.1 Å². The van der Waals surface area contributed by atoms with Gasteiger partial charge in [-0.3, -0.25) is 4.79 Å². The lowest BCUT2D eigenvalue weighted by atomic mass is 9.98. The number of carbonyl (C=O) groups excluding carboxylic acids is 1. The fourth-order valence-electron chi connectivity index (χ4n) is 3.28. The summed E-state index contributed by atoms with van der Waals surface area (Å²) in [5.74, 6) is 1.15. The van der Waals surface area contributed by atoms with E-state index in [1.54, 1.807) is 6.20 Å². The molecule has 1 aliphatic heterocycles. The van der Waals surface area contributed by atoms with Crippen molar-refractivity contribution < 1.29 is 4.79 Å². The topological polar surface area (TPSA) is 95.8 Å². The minimum atomic E-state index is -0.198. The normalized spacial score (nSPS) is 19.9. The Morgan fingerprint density at radius 3 is 2.83 bits per heavy atom. The minimum absolute atomic E-state index is 0.165. The van der Waals surface area contributed by atoms with Gasteiger partial charge in [-0.25, -0.2) is 4.98 Å². The van der Waals surface area contributed by atoms with E-state index in [2.05, 4.69) is 20.6 Å². The van der Waals surface area contributed by atoms with Gasteiger partial charge in [0.25, 0.3) is 5.91 Å². The lowest BCUT2D eigenvalue weighted by Gasteiger charge is -2.20. The number of H-pyrrole nitrogens is 1. The van der Waals surface area contributed by atoms with E-state index >= 15 is 0 Å². The van der Waals surface area contributed by atoms with Gasteiger partial charge in [-0.05, 0) is 56.5 Å². The van der Waals surface area contributed by atoms with Crippen LogP contribution in [0.1, 0.15) is 53.5 Å². The second-order valence-electron chi connectivity index (χ2n) is 6.90. The largest absolute Gasteiger partial charge is 0.338 e. The molecular weight excluding hydrogens is 302 g/mol. The van der Waals surface area contributed by atoms with Gasteiger partial charge >= 0.3 is 0 Å². The molecule has 2 aromatic rings. The average molecular weight is 325 g/mol. The summed E-state index contributed by atoms with van der Waals surface area (Å²) in [5.41, 5.74) is 8.39. The molecule has 1 aromatic carbocycles. The molecule has 4 rings (SSSR count). The van der Waals surface area contributed by atoms with Crippen molar-refractivity contribution in [2.75, 3.05) is 18.4 Å². The molecule has 0 spiro atoms. The van der Waals surface area contributed by atoms with Crippen LogP contribution in [0.4, 0.5) is 5.69 Å². The highest BCUT2D eigenvalue weighted by molar-refractivity contribution is 6.02. The van der Waals surface area contributed by atoms with Gasteiger partial charge in [-0.2, -0.15) is 0 Å². The highest BCUT2D eigenvalue weighted by atomic mass is 16.1. The van der Waals surface area contributed by atoms with E-state index in [0.717, 1.165) is 55.8 Å². The molecule has 1 saturated carbocycles. The monoisotopic (exact) mass is 325 g/mol. The number of anilines is 1. The number of hydrogen-bond donors (Lipinski definition) is 4. The van der Waals surface area contributed by atoms with Crippen molar-refractivity contribution in [3.05, 3.63) is 47.5 Å². The third kappa shape index (κ3) is 3.07. The van der Waals surface area contributed by atoms with Crippen LogP contribution in [-0.4, -0.2) is 29.0 Å². The first-order valence-electron chi connectivity index (χ1n) is 8.60. The Kier molecular flexibility index (Phi) is 3.86. The van der Waals surface area contributed by atoms with Gasteiger partial charge in [0.2, 0.25) is 0 Å². The Morgan fingerprint density at radius 2 is 2.08 bits per heavy atom. The van der Waals surface area contributed by atoms with E-state index in [0.29, 0.717) is 11.6 Å². The standard InChI is InChI=1S/C18H23N5O/c19-18(6-7-18)13-2-1-3-14(10-13)22-17(24)15-11-21-16(23-15)12-4-8-20-9-5-12/h1-3,10-12,20H,4-9,19H2,(H,21,23)(H,22,24). The van der Waals surface area contributed by atoms with Gasteiger partial charge in [0.15, 0.2) is 0 Å². The predicted octanol–water partition coefficient (Wildman–Crippen LogP) is 2.08. The highest BCUT2D eigenvalue weighted by Crippen LogP contribution is 2.43. The van der Waals surface area contributed by atoms with Crippen LogP contribution in [0.5, 0.6) is 0 Å². The third-order valence-electron chi connectivity index (χ3n) is 5.05. The number of benzene rings is 1. The smallest absolute Gasteiger partial charge is 0.273 e. The highest BCUT2D eigenvalue weighted by Gasteiger charge is 2.39. The van der Waals surface area contributed by atoms with E-state index in [4.69, 9.17) is 5.73 Å². The van der Waals surface area contributed by atoms with Crippen LogP contribution in [0.3, 0.4) is 0 Å². The zero-order chi connectivity index (χ0) is 16.6. The molecular formula is C18H23N5O. The molecule has 1 amide bonds. The fourth-order valence-corrected chi connectivity index (χ4v) is 3.28. The Labute approximate surface area is 141 Å². The summed E-state index contributed by atoms with van der Waals surface area (Å²) in [7, 11) is 0. The molecule has 1 aliphatic carbocycles. The molecule has 1 aromatic heterocycles. The van der Waals surface area contributed by atoms with Crippen LogP contribution in [0.15, 0.2) is 30.5 Å². The van der Waals surface area contributed by atoms with E-state index in [1.807, 2.05) is 24.3 Å². The molecule has 1 saturated heterocycles. The zero-order valence-corrected chi connectivity index (χ0v) is 13.6. The average Bonchev–Trinajstić information content (AvgIpc) is 3.18. The summed E-state index contributed by atoms with van der Waals surface area (Å²) in [6, 6.07) is 7.81. The number of nitrogens with one attached hydrogen (secondary N) is 3. The van der Waals surface area contributed by atoms with Crippen LogP contribution >= 0.6 is 0 Å². The molecule has 0 unspecified atom stereocenters. The number of imidazole rings is 1. The molecule has 0 bridgehead atoms. The number of nitrogens with zero attached hydrogens (tertiary/aromatic N) is 1. The summed E-state index contributed by atoms with van der Waals surface area (Å²) in [5, 5.41) is 6.27. The number of piperidine rings is 1. The van der Waals surface area contributed by atoms with E-state index in [-0.39, 0.29) is 11.4 Å². The SMILES string of the molecule is NC1(c2cccc(NC(=O)c3cnc(C4CCNCC4)[nH]3)c2)CC1. The van der Waals surface area contributed by atoms with Gasteiger partial charge in [0.05, 0.1) is 6.20 Å². The van der Waals surface area contributed by atoms with Crippen molar-refractivity contribution in [2.24, 2.45) is 5.73 Å². The molecule has 2 fully saturated rings. The molecule has 24 heavy (non-hydrogen) atoms. The summed E-state index contributed by atoms with van der Waals surface area (Å²) in [4.78, 5) is 20.1. The first-order chi connectivity index (χ1) is 11.6. The number of carbonyl (C=O) groups is 1. The fraction of sp³-hybridized carbons (Fsp3) is 0.444. The van der Waals surface area contributed by atoms with E-state index in [9.17, 15) is 4.79 Å². The van der Waals surface area contributed by atoms with Crippen LogP contribution < -0.4 is 16.4 Å². The Balaban J connectivity index is 1.45. The molecule has 2 heterocycles. The molecule has 5 N–H and O–H groups in total. The molecule has 0 atom stereocenters. The molecule has 0 radical (unpaired) electrons. The van der Waals surface area contributed by atoms with Gasteiger partial charge in [-0.15, -0.1) is 0 Å². The Morgan fingerprint density at radius 1 is 1.29 bits per heavy atom. The number of aromatic nitrogens is 2. The molecule has 126 valence electrons. The van der Waals surface area contributed by atoms with Crippen LogP contribution in [0.25, 0.3) is 0 Å². The first kappa shape index (κ1) is 15.4. The number of hydrogen-bond acceptors (Lipinski definition) is 4. The third-order valence-corrected chi connectivity index (χ3v) is 5.05. The number of aromatic amines is 1. The zero-order valence-electron chi connectivity index (χ0n) is 13.6. The van der Waals surface area contributed by atoms with Crippen molar-refractivity contribution in [2.45, 2.75) is 37.1 Å². The second-order valence-corrected chi connectivity index (χ2v) is 6.90. The van der Waals surface area contributed by atoms with Crippen LogP contribution in [-0.2, 0) is 5.54 Å². The van der Waals surface area contributed by atoms with Gasteiger partial charge in [0.1, 0.15) is 11.5 Å². The van der Waals surface area contributed by atoms with Crippen LogP contribution in [0, 0.1) is 0 Å². The maximum absolute atomic E-state index is 12.5. The van der Waals surface area contributed by atoms with E-state index < -0.39 is 0 Å².